The summed E-state index contributed by atoms with van der Waals surface area (Å²) in [6.07, 6.45) is 1.85. The molecule has 0 aromatic carbocycles. The number of alkyl halides is 1. The average Bonchev–Trinajstić information content (AvgIpc) is 2.86. The molecule has 6 nitrogen and oxygen atoms in total. The fraction of sp³-hybridized carbons (Fsp3) is 0.333. The highest BCUT2D eigenvalue weighted by Crippen LogP contribution is 2.24. The minimum absolute atomic E-state index is 0.126. The van der Waals surface area contributed by atoms with Gasteiger partial charge in [-0.25, -0.2) is 14.4 Å². The number of halogens is 2. The number of aromatic amines is 1. The van der Waals surface area contributed by atoms with Crippen LogP contribution in [0, 0.1) is 6.92 Å². The van der Waals surface area contributed by atoms with Crippen LogP contribution in [0.5, 0.6) is 0 Å². The quantitative estimate of drug-likeness (QED) is 0.798. The monoisotopic (exact) mass is 336 g/mol. The highest BCUT2D eigenvalue weighted by Gasteiger charge is 2.10. The Morgan fingerprint density at radius 3 is 2.78 bits per heavy atom. The van der Waals surface area contributed by atoms with Crippen LogP contribution in [0.2, 0.25) is 5.02 Å². The first-order valence-electron chi connectivity index (χ1n) is 7.04. The summed E-state index contributed by atoms with van der Waals surface area (Å²) in [5, 5.41) is 10.2. The molecular weight excluding hydrogens is 319 g/mol. The summed E-state index contributed by atoms with van der Waals surface area (Å²) in [6, 6.07) is 1.81. The zero-order valence-electron chi connectivity index (χ0n) is 13.4. The molecule has 0 radical (unpaired) electrons. The Kier molecular flexibility index (Phi) is 5.44. The zero-order valence-corrected chi connectivity index (χ0v) is 14.1. The second-order valence-electron chi connectivity index (χ2n) is 5.30. The van der Waals surface area contributed by atoms with Crippen molar-refractivity contribution < 1.29 is 4.39 Å². The Labute approximate surface area is 138 Å². The first kappa shape index (κ1) is 17.1. The highest BCUT2D eigenvalue weighted by atomic mass is 35.5. The van der Waals surface area contributed by atoms with Crippen LogP contribution in [0.1, 0.15) is 26.5 Å². The standard InChI is InChI=1S/C15H18ClFN6/c1-8(2)5-12(10(4)17)19-15-18-7-11(16)14(21-15)20-13-6-9(3)22-23-13/h5-7,10H,1-4H3,(H2,18,20,21,22,23). The number of allylic oxidation sites excluding steroid dienone is 2. The minimum atomic E-state index is -1.23. The van der Waals surface area contributed by atoms with Crippen LogP contribution < -0.4 is 5.32 Å². The van der Waals surface area contributed by atoms with Gasteiger partial charge in [0.15, 0.2) is 11.6 Å². The van der Waals surface area contributed by atoms with E-state index in [2.05, 4.69) is 30.5 Å². The van der Waals surface area contributed by atoms with Crippen molar-refractivity contribution in [2.75, 3.05) is 5.32 Å². The number of aliphatic imine (C=N–C) groups is 1. The molecule has 2 aromatic rings. The third-order valence-electron chi connectivity index (χ3n) is 2.76. The molecule has 0 amide bonds. The van der Waals surface area contributed by atoms with E-state index in [-0.39, 0.29) is 11.7 Å². The van der Waals surface area contributed by atoms with Gasteiger partial charge in [-0.1, -0.05) is 17.2 Å². The van der Waals surface area contributed by atoms with Gasteiger partial charge in [-0.05, 0) is 33.8 Å². The number of nitrogens with zero attached hydrogens (tertiary/aromatic N) is 4. The van der Waals surface area contributed by atoms with Crippen LogP contribution in [-0.2, 0) is 0 Å². The zero-order chi connectivity index (χ0) is 17.0. The predicted molar refractivity (Wildman–Crippen MR) is 90.7 cm³/mol. The Hall–Kier alpha value is -2.28. The second-order valence-corrected chi connectivity index (χ2v) is 5.71. The molecule has 2 heterocycles. The summed E-state index contributed by atoms with van der Waals surface area (Å²) in [7, 11) is 0. The van der Waals surface area contributed by atoms with Crippen LogP contribution in [0.3, 0.4) is 0 Å². The van der Waals surface area contributed by atoms with E-state index in [1.807, 2.05) is 20.8 Å². The lowest BCUT2D eigenvalue weighted by Gasteiger charge is -2.06. The van der Waals surface area contributed by atoms with Crippen molar-refractivity contribution in [2.45, 2.75) is 33.9 Å². The van der Waals surface area contributed by atoms with Crippen LogP contribution in [-0.4, -0.2) is 32.0 Å². The van der Waals surface area contributed by atoms with Crippen LogP contribution in [0.25, 0.3) is 0 Å². The third kappa shape index (κ3) is 4.85. The van der Waals surface area contributed by atoms with E-state index in [0.29, 0.717) is 16.7 Å². The number of anilines is 2. The molecule has 0 fully saturated rings. The second kappa shape index (κ2) is 7.32. The van der Waals surface area contributed by atoms with Crippen molar-refractivity contribution in [3.63, 3.8) is 0 Å². The van der Waals surface area contributed by atoms with E-state index < -0.39 is 6.17 Å². The maximum Gasteiger partial charge on any atom is 0.251 e. The van der Waals surface area contributed by atoms with E-state index in [1.165, 1.54) is 13.1 Å². The molecule has 0 bridgehead atoms. The number of H-pyrrole nitrogens is 1. The lowest BCUT2D eigenvalue weighted by Crippen LogP contribution is -2.09. The van der Waals surface area contributed by atoms with Crippen LogP contribution in [0.4, 0.5) is 22.0 Å². The van der Waals surface area contributed by atoms with E-state index in [1.54, 1.807) is 12.1 Å². The van der Waals surface area contributed by atoms with Crippen molar-refractivity contribution in [2.24, 2.45) is 4.99 Å². The predicted octanol–water partition coefficient (Wildman–Crippen LogP) is 4.30. The fourth-order valence-electron chi connectivity index (χ4n) is 1.75. The summed E-state index contributed by atoms with van der Waals surface area (Å²) in [5.74, 6) is 1.05. The summed E-state index contributed by atoms with van der Waals surface area (Å²) in [5.41, 5.74) is 2.09. The smallest absolute Gasteiger partial charge is 0.251 e. The van der Waals surface area contributed by atoms with Gasteiger partial charge in [0.2, 0.25) is 0 Å². The van der Waals surface area contributed by atoms with Gasteiger partial charge < -0.3 is 5.32 Å². The van der Waals surface area contributed by atoms with Crippen LogP contribution >= 0.6 is 11.6 Å². The van der Waals surface area contributed by atoms with E-state index in [0.717, 1.165) is 11.3 Å². The van der Waals surface area contributed by atoms with Gasteiger partial charge in [0.05, 0.1) is 11.9 Å². The molecule has 1 unspecified atom stereocenters. The van der Waals surface area contributed by atoms with Gasteiger partial charge in [-0.15, -0.1) is 0 Å². The molecule has 0 aliphatic heterocycles. The van der Waals surface area contributed by atoms with Gasteiger partial charge in [-0.3, -0.25) is 5.10 Å². The third-order valence-corrected chi connectivity index (χ3v) is 3.03. The Morgan fingerprint density at radius 2 is 2.22 bits per heavy atom. The SMILES string of the molecule is CC(C)=CC(=Nc1ncc(Cl)c(Nc2cc(C)[nH]n2)n1)C(C)F. The maximum absolute atomic E-state index is 13.7. The van der Waals surface area contributed by atoms with Gasteiger partial charge in [0.1, 0.15) is 11.2 Å². The van der Waals surface area contributed by atoms with Gasteiger partial charge in [-0.2, -0.15) is 10.1 Å². The Balaban J connectivity index is 2.34. The van der Waals surface area contributed by atoms with Crippen molar-refractivity contribution in [1.29, 1.82) is 0 Å². The van der Waals surface area contributed by atoms with E-state index >= 15 is 0 Å². The number of aryl methyl sites for hydroxylation is 1. The van der Waals surface area contributed by atoms with E-state index in [9.17, 15) is 4.39 Å². The van der Waals surface area contributed by atoms with Crippen molar-refractivity contribution >= 4 is 34.9 Å². The number of hydrogen-bond donors (Lipinski definition) is 2. The lowest BCUT2D eigenvalue weighted by molar-refractivity contribution is 0.455. The van der Waals surface area contributed by atoms with Gasteiger partial charge in [0, 0.05) is 11.8 Å². The molecule has 0 saturated heterocycles. The number of aromatic nitrogens is 4. The first-order chi connectivity index (χ1) is 10.8. The molecule has 0 spiro atoms. The molecule has 122 valence electrons. The summed E-state index contributed by atoms with van der Waals surface area (Å²) >= 11 is 6.08. The number of nitrogens with one attached hydrogen (secondary N) is 2. The molecular formula is C15H18ClFN6. The normalized spacial score (nSPS) is 12.9. The largest absolute Gasteiger partial charge is 0.322 e. The Morgan fingerprint density at radius 1 is 1.48 bits per heavy atom. The summed E-state index contributed by atoms with van der Waals surface area (Å²) in [6.45, 7) is 7.03. The molecule has 2 N–H and O–H groups in total. The molecule has 0 aliphatic carbocycles. The van der Waals surface area contributed by atoms with Gasteiger partial charge >= 0.3 is 0 Å². The van der Waals surface area contributed by atoms with Gasteiger partial charge in [0.25, 0.3) is 5.95 Å². The first-order valence-corrected chi connectivity index (χ1v) is 7.42. The lowest BCUT2D eigenvalue weighted by atomic mass is 10.2. The molecule has 2 aromatic heterocycles. The molecule has 0 aliphatic rings. The molecule has 0 saturated carbocycles. The van der Waals surface area contributed by atoms with E-state index in [4.69, 9.17) is 11.6 Å². The molecule has 1 atom stereocenters. The van der Waals surface area contributed by atoms with Crippen LogP contribution in [0.15, 0.2) is 28.9 Å². The Bertz CT molecular complexity index is 746. The van der Waals surface area contributed by atoms with Crippen molar-refractivity contribution in [1.82, 2.24) is 20.2 Å². The van der Waals surface area contributed by atoms with Crippen molar-refractivity contribution in [3.8, 4) is 0 Å². The van der Waals surface area contributed by atoms with Crippen molar-refractivity contribution in [3.05, 3.63) is 34.6 Å². The number of rotatable bonds is 5. The summed E-state index contributed by atoms with van der Waals surface area (Å²) < 4.78 is 13.7. The summed E-state index contributed by atoms with van der Waals surface area (Å²) in [4.78, 5) is 12.4. The maximum atomic E-state index is 13.7. The highest BCUT2D eigenvalue weighted by molar-refractivity contribution is 6.32. The number of hydrogen-bond acceptors (Lipinski definition) is 5. The molecule has 8 heteroatoms. The molecule has 23 heavy (non-hydrogen) atoms. The average molecular weight is 337 g/mol. The molecule has 2 rings (SSSR count). The topological polar surface area (TPSA) is 78.9 Å². The minimum Gasteiger partial charge on any atom is -0.322 e. The fourth-order valence-corrected chi connectivity index (χ4v) is 1.89.